The second-order valence-electron chi connectivity index (χ2n) is 3.92. The molecule has 0 radical (unpaired) electrons. The van der Waals surface area contributed by atoms with Gasteiger partial charge in [0.2, 0.25) is 0 Å². The summed E-state index contributed by atoms with van der Waals surface area (Å²) in [5, 5.41) is 3.11. The SMILES string of the molecule is CNc1cncc(N(C)C(C)CCSC)c1. The summed E-state index contributed by atoms with van der Waals surface area (Å²) in [5.74, 6) is 1.20. The van der Waals surface area contributed by atoms with Crippen molar-refractivity contribution in [3.63, 3.8) is 0 Å². The predicted molar refractivity (Wildman–Crippen MR) is 74.6 cm³/mol. The lowest BCUT2D eigenvalue weighted by Gasteiger charge is -2.26. The van der Waals surface area contributed by atoms with Gasteiger partial charge >= 0.3 is 0 Å². The van der Waals surface area contributed by atoms with Crippen LogP contribution in [-0.4, -0.2) is 37.1 Å². The standard InChI is InChI=1S/C12H21N3S/c1-10(5-6-16-4)15(3)12-7-11(13-2)8-14-9-12/h7-10,13H,5-6H2,1-4H3. The van der Waals surface area contributed by atoms with E-state index in [1.54, 1.807) is 0 Å². The van der Waals surface area contributed by atoms with Crippen LogP contribution >= 0.6 is 11.8 Å². The van der Waals surface area contributed by atoms with Gasteiger partial charge in [-0.05, 0) is 31.4 Å². The largest absolute Gasteiger partial charge is 0.387 e. The van der Waals surface area contributed by atoms with E-state index in [1.165, 1.54) is 17.9 Å². The van der Waals surface area contributed by atoms with E-state index in [9.17, 15) is 0 Å². The average Bonchev–Trinajstić information content (AvgIpc) is 2.35. The van der Waals surface area contributed by atoms with Crippen LogP contribution in [0, 0.1) is 0 Å². The number of thioether (sulfide) groups is 1. The van der Waals surface area contributed by atoms with Gasteiger partial charge in [-0.15, -0.1) is 0 Å². The molecule has 16 heavy (non-hydrogen) atoms. The van der Waals surface area contributed by atoms with Gasteiger partial charge in [-0.25, -0.2) is 0 Å². The number of pyridine rings is 1. The molecule has 0 aromatic carbocycles. The molecule has 0 bridgehead atoms. The Morgan fingerprint density at radius 3 is 2.88 bits per heavy atom. The molecule has 1 unspecified atom stereocenters. The first-order valence-electron chi connectivity index (χ1n) is 5.53. The van der Waals surface area contributed by atoms with E-state index in [1.807, 2.05) is 31.2 Å². The van der Waals surface area contributed by atoms with Gasteiger partial charge in [-0.3, -0.25) is 4.98 Å². The van der Waals surface area contributed by atoms with E-state index < -0.39 is 0 Å². The van der Waals surface area contributed by atoms with Gasteiger partial charge in [0, 0.05) is 20.1 Å². The van der Waals surface area contributed by atoms with Crippen LogP contribution in [0.1, 0.15) is 13.3 Å². The summed E-state index contributed by atoms with van der Waals surface area (Å²) in [6, 6.07) is 2.67. The van der Waals surface area contributed by atoms with E-state index >= 15 is 0 Å². The molecule has 3 nitrogen and oxygen atoms in total. The number of hydrogen-bond donors (Lipinski definition) is 1. The first-order chi connectivity index (χ1) is 7.69. The Balaban J connectivity index is 2.67. The zero-order valence-corrected chi connectivity index (χ0v) is 11.3. The highest BCUT2D eigenvalue weighted by molar-refractivity contribution is 7.98. The van der Waals surface area contributed by atoms with Crippen LogP contribution in [-0.2, 0) is 0 Å². The van der Waals surface area contributed by atoms with E-state index in [0.717, 1.165) is 5.69 Å². The first-order valence-corrected chi connectivity index (χ1v) is 6.93. The molecular weight excluding hydrogens is 218 g/mol. The smallest absolute Gasteiger partial charge is 0.0573 e. The molecule has 0 aliphatic carbocycles. The summed E-state index contributed by atoms with van der Waals surface area (Å²) >= 11 is 1.90. The Bertz CT molecular complexity index is 317. The van der Waals surface area contributed by atoms with Gasteiger partial charge in [-0.1, -0.05) is 0 Å². The molecule has 1 N–H and O–H groups in total. The van der Waals surface area contributed by atoms with Crippen molar-refractivity contribution in [2.24, 2.45) is 0 Å². The molecule has 1 aromatic rings. The highest BCUT2D eigenvalue weighted by Gasteiger charge is 2.10. The number of nitrogens with zero attached hydrogens (tertiary/aromatic N) is 2. The van der Waals surface area contributed by atoms with Crippen molar-refractivity contribution in [2.45, 2.75) is 19.4 Å². The van der Waals surface area contributed by atoms with Gasteiger partial charge in [-0.2, -0.15) is 11.8 Å². The third-order valence-electron chi connectivity index (χ3n) is 2.82. The Hall–Kier alpha value is -0.900. The summed E-state index contributed by atoms with van der Waals surface area (Å²) in [6.07, 6.45) is 7.09. The summed E-state index contributed by atoms with van der Waals surface area (Å²) in [5.41, 5.74) is 2.22. The van der Waals surface area contributed by atoms with E-state index in [0.29, 0.717) is 6.04 Å². The van der Waals surface area contributed by atoms with Crippen LogP contribution in [0.3, 0.4) is 0 Å². The van der Waals surface area contributed by atoms with E-state index in [4.69, 9.17) is 0 Å². The molecule has 1 aromatic heterocycles. The Morgan fingerprint density at radius 1 is 1.50 bits per heavy atom. The lowest BCUT2D eigenvalue weighted by molar-refractivity contribution is 0.668. The topological polar surface area (TPSA) is 28.2 Å². The Morgan fingerprint density at radius 2 is 2.25 bits per heavy atom. The van der Waals surface area contributed by atoms with E-state index in [-0.39, 0.29) is 0 Å². The van der Waals surface area contributed by atoms with Crippen molar-refractivity contribution >= 4 is 23.1 Å². The summed E-state index contributed by atoms with van der Waals surface area (Å²) in [4.78, 5) is 6.51. The fraction of sp³-hybridized carbons (Fsp3) is 0.583. The average molecular weight is 239 g/mol. The fourth-order valence-corrected chi connectivity index (χ4v) is 2.07. The summed E-state index contributed by atoms with van der Waals surface area (Å²) in [6.45, 7) is 2.25. The van der Waals surface area contributed by atoms with Crippen molar-refractivity contribution in [3.8, 4) is 0 Å². The van der Waals surface area contributed by atoms with Crippen LogP contribution < -0.4 is 10.2 Å². The fourth-order valence-electron chi connectivity index (χ4n) is 1.49. The van der Waals surface area contributed by atoms with Gasteiger partial charge < -0.3 is 10.2 Å². The molecular formula is C12H21N3S. The molecule has 1 rings (SSSR count). The molecule has 0 saturated heterocycles. The zero-order chi connectivity index (χ0) is 12.0. The lowest BCUT2D eigenvalue weighted by Crippen LogP contribution is -2.29. The van der Waals surface area contributed by atoms with Crippen molar-refractivity contribution in [2.75, 3.05) is 36.3 Å². The molecule has 4 heteroatoms. The van der Waals surface area contributed by atoms with Crippen LogP contribution in [0.25, 0.3) is 0 Å². The number of aromatic nitrogens is 1. The molecule has 1 heterocycles. The van der Waals surface area contributed by atoms with Crippen LogP contribution in [0.2, 0.25) is 0 Å². The number of hydrogen-bond acceptors (Lipinski definition) is 4. The van der Waals surface area contributed by atoms with Gasteiger partial charge in [0.1, 0.15) is 0 Å². The minimum Gasteiger partial charge on any atom is -0.387 e. The molecule has 0 saturated carbocycles. The maximum absolute atomic E-state index is 4.23. The number of anilines is 2. The van der Waals surface area contributed by atoms with Crippen molar-refractivity contribution < 1.29 is 0 Å². The quantitative estimate of drug-likeness (QED) is 0.826. The molecule has 0 spiro atoms. The maximum Gasteiger partial charge on any atom is 0.0573 e. The van der Waals surface area contributed by atoms with Crippen LogP contribution in [0.4, 0.5) is 11.4 Å². The first kappa shape index (κ1) is 13.2. The minimum absolute atomic E-state index is 0.543. The van der Waals surface area contributed by atoms with Gasteiger partial charge in [0.25, 0.3) is 0 Å². The molecule has 90 valence electrons. The molecule has 0 aliphatic heterocycles. The minimum atomic E-state index is 0.543. The van der Waals surface area contributed by atoms with E-state index in [2.05, 4.69) is 41.5 Å². The second kappa shape index (κ2) is 6.63. The van der Waals surface area contributed by atoms with Crippen molar-refractivity contribution in [1.82, 2.24) is 4.98 Å². The van der Waals surface area contributed by atoms with Crippen LogP contribution in [0.15, 0.2) is 18.5 Å². The predicted octanol–water partition coefficient (Wildman–Crippen LogP) is 2.70. The Labute approximate surface area is 103 Å². The normalized spacial score (nSPS) is 12.2. The third-order valence-corrected chi connectivity index (χ3v) is 3.46. The van der Waals surface area contributed by atoms with Gasteiger partial charge in [0.05, 0.1) is 23.8 Å². The third kappa shape index (κ3) is 3.59. The van der Waals surface area contributed by atoms with Crippen molar-refractivity contribution in [1.29, 1.82) is 0 Å². The molecule has 0 aliphatic rings. The number of nitrogens with one attached hydrogen (secondary N) is 1. The zero-order valence-electron chi connectivity index (χ0n) is 10.5. The van der Waals surface area contributed by atoms with Gasteiger partial charge in [0.15, 0.2) is 0 Å². The maximum atomic E-state index is 4.23. The number of rotatable bonds is 6. The summed E-state index contributed by atoms with van der Waals surface area (Å²) < 4.78 is 0. The Kier molecular flexibility index (Phi) is 5.46. The monoisotopic (exact) mass is 239 g/mol. The summed E-state index contributed by atoms with van der Waals surface area (Å²) in [7, 11) is 4.04. The highest BCUT2D eigenvalue weighted by atomic mass is 32.2. The van der Waals surface area contributed by atoms with Crippen molar-refractivity contribution in [3.05, 3.63) is 18.5 Å². The van der Waals surface area contributed by atoms with Crippen LogP contribution in [0.5, 0.6) is 0 Å². The molecule has 0 amide bonds. The molecule has 1 atom stereocenters. The highest BCUT2D eigenvalue weighted by Crippen LogP contribution is 2.19. The lowest BCUT2D eigenvalue weighted by atomic mass is 10.2. The second-order valence-corrected chi connectivity index (χ2v) is 4.91. The molecule has 0 fully saturated rings.